The fourth-order valence-electron chi connectivity index (χ4n) is 2.52. The van der Waals surface area contributed by atoms with E-state index in [1.54, 1.807) is 7.11 Å². The number of hydrogen-bond donors (Lipinski definition) is 1. The van der Waals surface area contributed by atoms with E-state index in [-0.39, 0.29) is 0 Å². The van der Waals surface area contributed by atoms with Crippen LogP contribution in [0.15, 0.2) is 0 Å². The van der Waals surface area contributed by atoms with Crippen molar-refractivity contribution in [3.8, 4) is 0 Å². The van der Waals surface area contributed by atoms with Crippen LogP contribution in [0, 0.1) is 0 Å². The number of aromatic nitrogens is 1. The van der Waals surface area contributed by atoms with E-state index in [4.69, 9.17) is 9.72 Å². The maximum absolute atomic E-state index is 5.26. The predicted octanol–water partition coefficient (Wildman–Crippen LogP) is 2.75. The van der Waals surface area contributed by atoms with Crippen molar-refractivity contribution in [1.82, 2.24) is 10.3 Å². The van der Waals surface area contributed by atoms with Crippen molar-refractivity contribution in [2.75, 3.05) is 31.7 Å². The molecule has 2 saturated carbocycles. The van der Waals surface area contributed by atoms with Gasteiger partial charge in [-0.25, -0.2) is 4.98 Å². The Morgan fingerprint density at radius 2 is 2.15 bits per heavy atom. The molecule has 0 aliphatic heterocycles. The molecule has 0 saturated heterocycles. The summed E-state index contributed by atoms with van der Waals surface area (Å²) in [5.41, 5.74) is 1.37. The maximum Gasteiger partial charge on any atom is 0.186 e. The number of anilines is 1. The molecule has 1 heterocycles. The molecule has 2 aliphatic rings. The Bertz CT molecular complexity index is 440. The number of thiazole rings is 1. The van der Waals surface area contributed by atoms with Crippen molar-refractivity contribution in [1.29, 1.82) is 0 Å². The maximum atomic E-state index is 5.26. The molecule has 0 bridgehead atoms. The molecule has 4 nitrogen and oxygen atoms in total. The first-order valence-corrected chi connectivity index (χ1v) is 8.61. The van der Waals surface area contributed by atoms with Crippen molar-refractivity contribution in [2.45, 2.75) is 51.1 Å². The zero-order valence-corrected chi connectivity index (χ0v) is 13.3. The zero-order valence-electron chi connectivity index (χ0n) is 12.5. The molecule has 0 aromatic carbocycles. The molecule has 0 radical (unpaired) electrons. The Balaban J connectivity index is 1.76. The second-order valence-corrected chi connectivity index (χ2v) is 6.84. The minimum Gasteiger partial charge on any atom is -0.383 e. The molecule has 20 heavy (non-hydrogen) atoms. The Hall–Kier alpha value is -0.650. The molecule has 1 aromatic rings. The molecular formula is C15H25N3OS. The molecule has 3 rings (SSSR count). The van der Waals surface area contributed by atoms with Crippen LogP contribution in [0.1, 0.15) is 49.1 Å². The van der Waals surface area contributed by atoms with Crippen molar-refractivity contribution < 1.29 is 4.74 Å². The van der Waals surface area contributed by atoms with Crippen molar-refractivity contribution in [2.24, 2.45) is 0 Å². The molecular weight excluding hydrogens is 270 g/mol. The SMILES string of the molecule is CCNCc1sc(N(CCOC)C2CC2)nc1C1CC1. The van der Waals surface area contributed by atoms with Crippen molar-refractivity contribution >= 4 is 16.5 Å². The molecule has 0 unspecified atom stereocenters. The largest absolute Gasteiger partial charge is 0.383 e. The normalized spacial score (nSPS) is 18.5. The van der Waals surface area contributed by atoms with E-state index in [2.05, 4.69) is 17.1 Å². The Labute approximate surface area is 125 Å². The highest BCUT2D eigenvalue weighted by atomic mass is 32.1. The summed E-state index contributed by atoms with van der Waals surface area (Å²) in [7, 11) is 1.78. The van der Waals surface area contributed by atoms with Crippen LogP contribution in [-0.4, -0.2) is 37.8 Å². The zero-order chi connectivity index (χ0) is 13.9. The molecule has 112 valence electrons. The van der Waals surface area contributed by atoms with E-state index in [0.717, 1.165) is 32.2 Å². The molecule has 2 aliphatic carbocycles. The van der Waals surface area contributed by atoms with Crippen LogP contribution >= 0.6 is 11.3 Å². The van der Waals surface area contributed by atoms with Crippen LogP contribution in [-0.2, 0) is 11.3 Å². The molecule has 1 aromatic heterocycles. The van der Waals surface area contributed by atoms with Gasteiger partial charge in [-0.1, -0.05) is 6.92 Å². The fourth-order valence-corrected chi connectivity index (χ4v) is 3.74. The monoisotopic (exact) mass is 295 g/mol. The van der Waals surface area contributed by atoms with Crippen LogP contribution in [0.3, 0.4) is 0 Å². The van der Waals surface area contributed by atoms with Gasteiger partial charge in [-0.15, -0.1) is 11.3 Å². The highest BCUT2D eigenvalue weighted by Crippen LogP contribution is 2.45. The molecule has 5 heteroatoms. The molecule has 0 atom stereocenters. The van der Waals surface area contributed by atoms with Gasteiger partial charge in [0.15, 0.2) is 5.13 Å². The van der Waals surface area contributed by atoms with Gasteiger partial charge in [0.1, 0.15) is 0 Å². The number of hydrogen-bond acceptors (Lipinski definition) is 5. The smallest absolute Gasteiger partial charge is 0.186 e. The number of ether oxygens (including phenoxy) is 1. The standard InChI is InChI=1S/C15H25N3OS/c1-3-16-10-13-14(11-4-5-11)17-15(20-13)18(8-9-19-2)12-6-7-12/h11-12,16H,3-10H2,1-2H3. The number of nitrogens with zero attached hydrogens (tertiary/aromatic N) is 2. The number of nitrogens with one attached hydrogen (secondary N) is 1. The number of methoxy groups -OCH3 is 1. The van der Waals surface area contributed by atoms with Crippen LogP contribution < -0.4 is 10.2 Å². The highest BCUT2D eigenvalue weighted by molar-refractivity contribution is 7.15. The molecule has 1 N–H and O–H groups in total. The van der Waals surface area contributed by atoms with Crippen LogP contribution in [0.25, 0.3) is 0 Å². The van der Waals surface area contributed by atoms with E-state index in [1.165, 1.54) is 41.4 Å². The second kappa shape index (κ2) is 6.41. The van der Waals surface area contributed by atoms with Gasteiger partial charge in [0.25, 0.3) is 0 Å². The average Bonchev–Trinajstić information content (AvgIpc) is 3.35. The first kappa shape index (κ1) is 14.3. The average molecular weight is 295 g/mol. The Kier molecular flexibility index (Phi) is 4.58. The highest BCUT2D eigenvalue weighted by Gasteiger charge is 2.34. The van der Waals surface area contributed by atoms with Gasteiger partial charge in [-0.2, -0.15) is 0 Å². The van der Waals surface area contributed by atoms with Gasteiger partial charge < -0.3 is 15.0 Å². The molecule has 2 fully saturated rings. The second-order valence-electron chi connectivity index (χ2n) is 5.78. The third kappa shape index (κ3) is 3.32. The van der Waals surface area contributed by atoms with E-state index >= 15 is 0 Å². The van der Waals surface area contributed by atoms with Crippen molar-refractivity contribution in [3.63, 3.8) is 0 Å². The molecule has 0 amide bonds. The summed E-state index contributed by atoms with van der Waals surface area (Å²) in [6.07, 6.45) is 5.27. The van der Waals surface area contributed by atoms with E-state index < -0.39 is 0 Å². The Morgan fingerprint density at radius 1 is 1.35 bits per heavy atom. The first-order valence-electron chi connectivity index (χ1n) is 7.79. The quantitative estimate of drug-likeness (QED) is 0.760. The fraction of sp³-hybridized carbons (Fsp3) is 0.800. The summed E-state index contributed by atoms with van der Waals surface area (Å²) < 4.78 is 5.26. The lowest BCUT2D eigenvalue weighted by atomic mass is 10.2. The topological polar surface area (TPSA) is 37.4 Å². The van der Waals surface area contributed by atoms with Crippen LogP contribution in [0.4, 0.5) is 5.13 Å². The Morgan fingerprint density at radius 3 is 2.75 bits per heavy atom. The van der Waals surface area contributed by atoms with Gasteiger partial charge >= 0.3 is 0 Å². The lowest BCUT2D eigenvalue weighted by Gasteiger charge is -2.20. The van der Waals surface area contributed by atoms with Gasteiger partial charge in [0.2, 0.25) is 0 Å². The summed E-state index contributed by atoms with van der Waals surface area (Å²) in [6.45, 7) is 5.92. The van der Waals surface area contributed by atoms with Crippen molar-refractivity contribution in [3.05, 3.63) is 10.6 Å². The summed E-state index contributed by atoms with van der Waals surface area (Å²) in [6, 6.07) is 0.704. The number of rotatable bonds is 9. The van der Waals surface area contributed by atoms with E-state index in [1.807, 2.05) is 11.3 Å². The van der Waals surface area contributed by atoms with Gasteiger partial charge in [-0.05, 0) is 32.2 Å². The van der Waals surface area contributed by atoms with Gasteiger partial charge in [0.05, 0.1) is 12.3 Å². The third-order valence-electron chi connectivity index (χ3n) is 3.99. The van der Waals surface area contributed by atoms with Crippen LogP contribution in [0.2, 0.25) is 0 Å². The van der Waals surface area contributed by atoms with E-state index in [0.29, 0.717) is 6.04 Å². The van der Waals surface area contributed by atoms with Gasteiger partial charge in [0, 0.05) is 37.0 Å². The summed E-state index contributed by atoms with van der Waals surface area (Å²) in [5.74, 6) is 0.733. The van der Waals surface area contributed by atoms with Gasteiger partial charge in [-0.3, -0.25) is 0 Å². The minimum absolute atomic E-state index is 0.704. The predicted molar refractivity (Wildman–Crippen MR) is 83.7 cm³/mol. The summed E-state index contributed by atoms with van der Waals surface area (Å²) in [5, 5.41) is 4.68. The first-order chi connectivity index (χ1) is 9.83. The summed E-state index contributed by atoms with van der Waals surface area (Å²) >= 11 is 1.89. The summed E-state index contributed by atoms with van der Waals surface area (Å²) in [4.78, 5) is 8.91. The lowest BCUT2D eigenvalue weighted by molar-refractivity contribution is 0.205. The molecule has 0 spiro atoms. The third-order valence-corrected chi connectivity index (χ3v) is 5.09. The lowest BCUT2D eigenvalue weighted by Crippen LogP contribution is -2.29. The van der Waals surface area contributed by atoms with Crippen LogP contribution in [0.5, 0.6) is 0 Å². The minimum atomic E-state index is 0.704. The van der Waals surface area contributed by atoms with E-state index in [9.17, 15) is 0 Å².